The maximum atomic E-state index is 12.8. The van der Waals surface area contributed by atoms with Crippen molar-refractivity contribution in [3.05, 3.63) is 66.2 Å². The van der Waals surface area contributed by atoms with E-state index in [0.717, 1.165) is 22.7 Å². The number of fused-ring (bicyclic) bond motifs is 1. The minimum atomic E-state index is -0.349. The molecule has 178 valence electrons. The molecule has 2 aromatic carbocycles. The van der Waals surface area contributed by atoms with Crippen LogP contribution in [0.4, 0.5) is 0 Å². The smallest absolute Gasteiger partial charge is 0.233 e. The van der Waals surface area contributed by atoms with Gasteiger partial charge in [-0.25, -0.2) is 0 Å². The summed E-state index contributed by atoms with van der Waals surface area (Å²) in [7, 11) is 0. The number of carbonyl (C=O) groups excluding carboxylic acids is 1. The molecular weight excluding hydrogens is 448 g/mol. The van der Waals surface area contributed by atoms with Crippen molar-refractivity contribution < 1.29 is 14.3 Å². The topological polar surface area (TPSA) is 78.3 Å². The number of thioether (sulfide) groups is 1. The molecule has 8 heteroatoms. The van der Waals surface area contributed by atoms with E-state index >= 15 is 0 Å². The first-order valence-electron chi connectivity index (χ1n) is 11.2. The van der Waals surface area contributed by atoms with Crippen LogP contribution in [0.5, 0.6) is 11.5 Å². The van der Waals surface area contributed by atoms with E-state index in [1.807, 2.05) is 35.8 Å². The number of amides is 1. The third-order valence-electron chi connectivity index (χ3n) is 5.59. The van der Waals surface area contributed by atoms with E-state index in [4.69, 9.17) is 9.47 Å². The third kappa shape index (κ3) is 5.28. The number of allylic oxidation sites excluding steroid dienone is 1. The first-order valence-corrected chi connectivity index (χ1v) is 12.1. The van der Waals surface area contributed by atoms with Crippen molar-refractivity contribution in [1.29, 1.82) is 0 Å². The van der Waals surface area contributed by atoms with Gasteiger partial charge in [-0.2, -0.15) is 0 Å². The van der Waals surface area contributed by atoms with Gasteiger partial charge in [-0.1, -0.05) is 68.9 Å². The third-order valence-corrected chi connectivity index (χ3v) is 6.67. The number of nitrogens with one attached hydrogen (secondary N) is 1. The molecule has 0 saturated carbocycles. The molecular formula is C26H30N4O3S. The number of benzene rings is 2. The second-order valence-electron chi connectivity index (χ2n) is 9.20. The molecule has 1 aromatic heterocycles. The number of ether oxygens (including phenoxy) is 2. The van der Waals surface area contributed by atoms with Crippen molar-refractivity contribution in [2.45, 2.75) is 56.6 Å². The number of aromatic nitrogens is 3. The van der Waals surface area contributed by atoms with Crippen molar-refractivity contribution in [3.8, 4) is 22.9 Å². The molecule has 1 N–H and O–H groups in total. The summed E-state index contributed by atoms with van der Waals surface area (Å²) in [5.74, 6) is 2.11. The van der Waals surface area contributed by atoms with Crippen molar-refractivity contribution in [3.63, 3.8) is 0 Å². The van der Waals surface area contributed by atoms with E-state index < -0.39 is 0 Å². The highest BCUT2D eigenvalue weighted by atomic mass is 32.2. The lowest BCUT2D eigenvalue weighted by molar-refractivity contribution is -0.120. The Balaban J connectivity index is 1.43. The maximum Gasteiger partial charge on any atom is 0.233 e. The Hall–Kier alpha value is -3.26. The van der Waals surface area contributed by atoms with E-state index in [-0.39, 0.29) is 23.4 Å². The highest BCUT2D eigenvalue weighted by Crippen LogP contribution is 2.33. The second kappa shape index (κ2) is 9.93. The molecule has 1 atom stereocenters. The van der Waals surface area contributed by atoms with Crippen molar-refractivity contribution in [2.75, 3.05) is 6.79 Å². The number of nitrogens with zero attached hydrogens (tertiary/aromatic N) is 3. The fourth-order valence-electron chi connectivity index (χ4n) is 3.60. The molecule has 1 amide bonds. The largest absolute Gasteiger partial charge is 0.454 e. The van der Waals surface area contributed by atoms with E-state index in [0.29, 0.717) is 24.0 Å². The van der Waals surface area contributed by atoms with Gasteiger partial charge < -0.3 is 14.8 Å². The van der Waals surface area contributed by atoms with Gasteiger partial charge in [-0.15, -0.1) is 16.8 Å². The summed E-state index contributed by atoms with van der Waals surface area (Å²) in [6.45, 7) is 13.5. The van der Waals surface area contributed by atoms with Crippen molar-refractivity contribution in [1.82, 2.24) is 20.1 Å². The Bertz CT molecular complexity index is 1180. The summed E-state index contributed by atoms with van der Waals surface area (Å²) >= 11 is 1.38. The Labute approximate surface area is 204 Å². The van der Waals surface area contributed by atoms with Gasteiger partial charge in [-0.3, -0.25) is 9.36 Å². The fourth-order valence-corrected chi connectivity index (χ4v) is 4.48. The van der Waals surface area contributed by atoms with Crippen molar-refractivity contribution >= 4 is 17.7 Å². The summed E-state index contributed by atoms with van der Waals surface area (Å²) in [4.78, 5) is 12.8. The normalized spacial score (nSPS) is 13.5. The minimum absolute atomic E-state index is 0.0769. The molecule has 0 aliphatic carbocycles. The van der Waals surface area contributed by atoms with Crippen molar-refractivity contribution in [2.24, 2.45) is 0 Å². The maximum absolute atomic E-state index is 12.8. The lowest BCUT2D eigenvalue weighted by atomic mass is 9.87. The van der Waals surface area contributed by atoms with Crippen LogP contribution in [0.2, 0.25) is 0 Å². The zero-order valence-corrected chi connectivity index (χ0v) is 20.8. The molecule has 1 aliphatic heterocycles. The molecule has 7 nitrogen and oxygen atoms in total. The average molecular weight is 479 g/mol. The first-order chi connectivity index (χ1) is 16.3. The molecule has 0 fully saturated rings. The summed E-state index contributed by atoms with van der Waals surface area (Å²) in [5.41, 5.74) is 3.27. The van der Waals surface area contributed by atoms with E-state index in [2.05, 4.69) is 67.1 Å². The van der Waals surface area contributed by atoms with E-state index in [1.54, 1.807) is 0 Å². The minimum Gasteiger partial charge on any atom is -0.454 e. The monoisotopic (exact) mass is 478 g/mol. The average Bonchev–Trinajstić information content (AvgIpc) is 3.44. The van der Waals surface area contributed by atoms with Gasteiger partial charge in [-0.05, 0) is 35.6 Å². The van der Waals surface area contributed by atoms with E-state index in [1.165, 1.54) is 17.3 Å². The predicted octanol–water partition coefficient (Wildman–Crippen LogP) is 4.95. The molecule has 0 radical (unpaired) electrons. The zero-order chi connectivity index (χ0) is 24.3. The van der Waals surface area contributed by atoms with Crippen LogP contribution in [0, 0.1) is 0 Å². The fraction of sp³-hybridized carbons (Fsp3) is 0.346. The number of hydrogen-bond donors (Lipinski definition) is 1. The van der Waals surface area contributed by atoms with Gasteiger partial charge in [0.1, 0.15) is 0 Å². The van der Waals surface area contributed by atoms with Crippen LogP contribution in [0.3, 0.4) is 0 Å². The van der Waals surface area contributed by atoms with Gasteiger partial charge in [0.05, 0.1) is 5.25 Å². The summed E-state index contributed by atoms with van der Waals surface area (Å²) < 4.78 is 12.7. The van der Waals surface area contributed by atoms with Crippen LogP contribution in [0.15, 0.2) is 60.3 Å². The molecule has 0 saturated heterocycles. The predicted molar refractivity (Wildman–Crippen MR) is 134 cm³/mol. The van der Waals surface area contributed by atoms with Crippen LogP contribution >= 0.6 is 11.8 Å². The first kappa shape index (κ1) is 23.9. The van der Waals surface area contributed by atoms with Gasteiger partial charge >= 0.3 is 0 Å². The SMILES string of the molecule is C=CCn1c(SC(C)C(=O)NCc2ccc3c(c2)OCO3)nnc1-c1ccc(C(C)(C)C)cc1. The quantitative estimate of drug-likeness (QED) is 0.364. The summed E-state index contributed by atoms with van der Waals surface area (Å²) in [5, 5.41) is 12.1. The van der Waals surface area contributed by atoms with E-state index in [9.17, 15) is 4.79 Å². The molecule has 0 bridgehead atoms. The molecule has 0 spiro atoms. The number of rotatable bonds is 8. The Morgan fingerprint density at radius 1 is 1.18 bits per heavy atom. The zero-order valence-electron chi connectivity index (χ0n) is 20.0. The standard InChI is InChI=1S/C26H30N4O3S/c1-6-13-30-23(19-8-10-20(11-9-19)26(3,4)5)28-29-25(30)34-17(2)24(31)27-15-18-7-12-21-22(14-18)33-16-32-21/h6-12,14,17H,1,13,15-16H2,2-5H3,(H,27,31). The lowest BCUT2D eigenvalue weighted by Gasteiger charge is -2.19. The van der Waals surface area contributed by atoms with Crippen LogP contribution in [0.1, 0.15) is 38.8 Å². The summed E-state index contributed by atoms with van der Waals surface area (Å²) in [6, 6.07) is 14.1. The molecule has 3 aromatic rings. The molecule has 1 aliphatic rings. The van der Waals surface area contributed by atoms with Crippen LogP contribution < -0.4 is 14.8 Å². The van der Waals surface area contributed by atoms with Crippen LogP contribution in [0.25, 0.3) is 11.4 Å². The number of carbonyl (C=O) groups is 1. The second-order valence-corrected chi connectivity index (χ2v) is 10.5. The van der Waals surface area contributed by atoms with Crippen LogP contribution in [-0.4, -0.2) is 32.7 Å². The Morgan fingerprint density at radius 3 is 2.62 bits per heavy atom. The lowest BCUT2D eigenvalue weighted by Crippen LogP contribution is -2.30. The highest BCUT2D eigenvalue weighted by Gasteiger charge is 2.21. The number of hydrogen-bond acceptors (Lipinski definition) is 6. The Morgan fingerprint density at radius 2 is 1.91 bits per heavy atom. The molecule has 1 unspecified atom stereocenters. The molecule has 34 heavy (non-hydrogen) atoms. The van der Waals surface area contributed by atoms with Gasteiger partial charge in [0.25, 0.3) is 0 Å². The molecule has 2 heterocycles. The van der Waals surface area contributed by atoms with Crippen LogP contribution in [-0.2, 0) is 23.3 Å². The van der Waals surface area contributed by atoms with Gasteiger partial charge in [0.2, 0.25) is 12.7 Å². The van der Waals surface area contributed by atoms with Gasteiger partial charge in [0.15, 0.2) is 22.5 Å². The molecule has 4 rings (SSSR count). The van der Waals surface area contributed by atoms with Gasteiger partial charge in [0, 0.05) is 18.7 Å². The Kier molecular flexibility index (Phi) is 6.97. The summed E-state index contributed by atoms with van der Waals surface area (Å²) in [6.07, 6.45) is 1.81. The highest BCUT2D eigenvalue weighted by molar-refractivity contribution is 8.00.